The fraction of sp³-hybridized carbons (Fsp3) is 0.300. The first-order valence-corrected chi connectivity index (χ1v) is 8.88. The number of nitrogens with one attached hydrogen (secondary N) is 1. The summed E-state index contributed by atoms with van der Waals surface area (Å²) >= 11 is 6.11. The standard InChI is InChI=1S/C20H22ClN3O2/c1-20(2,26-17-11-7-4-8-14(17)21)19(25)22-13-12-18-23-15-9-5-6-10-16(15)24(18)3/h4-11H,12-13H2,1-3H3,(H,22,25). The van der Waals surface area contributed by atoms with Gasteiger partial charge in [0.05, 0.1) is 16.1 Å². The van der Waals surface area contributed by atoms with Crippen LogP contribution in [0, 0.1) is 0 Å². The van der Waals surface area contributed by atoms with Crippen molar-refractivity contribution in [1.82, 2.24) is 14.9 Å². The van der Waals surface area contributed by atoms with Crippen molar-refractivity contribution >= 4 is 28.5 Å². The topological polar surface area (TPSA) is 56.2 Å². The van der Waals surface area contributed by atoms with Crippen LogP contribution in [0.15, 0.2) is 48.5 Å². The van der Waals surface area contributed by atoms with Crippen molar-refractivity contribution in [2.75, 3.05) is 6.54 Å². The number of carbonyl (C=O) groups is 1. The Morgan fingerprint density at radius 2 is 1.88 bits per heavy atom. The molecule has 0 bridgehead atoms. The molecule has 3 aromatic rings. The van der Waals surface area contributed by atoms with E-state index in [2.05, 4.69) is 10.3 Å². The van der Waals surface area contributed by atoms with Crippen LogP contribution in [-0.4, -0.2) is 27.6 Å². The van der Waals surface area contributed by atoms with Crippen LogP contribution in [0.4, 0.5) is 0 Å². The summed E-state index contributed by atoms with van der Waals surface area (Å²) in [5.41, 5.74) is 1.01. The minimum atomic E-state index is -1.03. The average molecular weight is 372 g/mol. The quantitative estimate of drug-likeness (QED) is 0.718. The number of aryl methyl sites for hydroxylation is 1. The van der Waals surface area contributed by atoms with Gasteiger partial charge in [0.25, 0.3) is 5.91 Å². The first-order valence-electron chi connectivity index (χ1n) is 8.50. The zero-order valence-corrected chi connectivity index (χ0v) is 15.9. The van der Waals surface area contributed by atoms with Crippen LogP contribution in [0.5, 0.6) is 5.75 Å². The number of benzene rings is 2. The van der Waals surface area contributed by atoms with Crippen molar-refractivity contribution in [3.05, 3.63) is 59.4 Å². The molecule has 1 heterocycles. The lowest BCUT2D eigenvalue weighted by Gasteiger charge is -2.25. The van der Waals surface area contributed by atoms with E-state index in [1.165, 1.54) is 0 Å². The van der Waals surface area contributed by atoms with E-state index in [-0.39, 0.29) is 5.91 Å². The second-order valence-corrected chi connectivity index (χ2v) is 7.03. The number of nitrogens with zero attached hydrogens (tertiary/aromatic N) is 2. The van der Waals surface area contributed by atoms with Crippen molar-refractivity contribution in [2.24, 2.45) is 7.05 Å². The third kappa shape index (κ3) is 3.83. The molecule has 0 unspecified atom stereocenters. The van der Waals surface area contributed by atoms with Gasteiger partial charge in [-0.3, -0.25) is 4.79 Å². The van der Waals surface area contributed by atoms with E-state index in [1.54, 1.807) is 26.0 Å². The highest BCUT2D eigenvalue weighted by molar-refractivity contribution is 6.32. The summed E-state index contributed by atoms with van der Waals surface area (Å²) < 4.78 is 7.85. The number of ether oxygens (including phenoxy) is 1. The Balaban J connectivity index is 1.60. The second kappa shape index (κ2) is 7.38. The molecule has 0 saturated carbocycles. The maximum atomic E-state index is 12.5. The Morgan fingerprint density at radius 1 is 1.19 bits per heavy atom. The number of halogens is 1. The van der Waals surface area contributed by atoms with Crippen LogP contribution in [0.2, 0.25) is 5.02 Å². The maximum Gasteiger partial charge on any atom is 0.263 e. The van der Waals surface area contributed by atoms with E-state index in [1.807, 2.05) is 48.0 Å². The van der Waals surface area contributed by atoms with Crippen LogP contribution in [0.3, 0.4) is 0 Å². The molecule has 2 aromatic carbocycles. The summed E-state index contributed by atoms with van der Waals surface area (Å²) in [5, 5.41) is 3.40. The summed E-state index contributed by atoms with van der Waals surface area (Å²) in [6, 6.07) is 15.1. The number of carbonyl (C=O) groups excluding carboxylic acids is 1. The van der Waals surface area contributed by atoms with E-state index in [0.29, 0.717) is 23.7 Å². The van der Waals surface area contributed by atoms with Crippen molar-refractivity contribution in [3.63, 3.8) is 0 Å². The maximum absolute atomic E-state index is 12.5. The van der Waals surface area contributed by atoms with E-state index < -0.39 is 5.60 Å². The number of hydrogen-bond acceptors (Lipinski definition) is 3. The third-order valence-electron chi connectivity index (χ3n) is 4.26. The molecule has 26 heavy (non-hydrogen) atoms. The molecular weight excluding hydrogens is 350 g/mol. The summed E-state index contributed by atoms with van der Waals surface area (Å²) in [6.45, 7) is 3.92. The molecular formula is C20H22ClN3O2. The predicted molar refractivity (Wildman–Crippen MR) is 104 cm³/mol. The number of aromatic nitrogens is 2. The minimum absolute atomic E-state index is 0.198. The molecule has 6 heteroatoms. The number of hydrogen-bond donors (Lipinski definition) is 1. The Labute approximate surface area is 157 Å². The first-order chi connectivity index (χ1) is 12.4. The molecule has 136 valence electrons. The lowest BCUT2D eigenvalue weighted by Crippen LogP contribution is -2.47. The molecule has 1 N–H and O–H groups in total. The van der Waals surface area contributed by atoms with E-state index in [9.17, 15) is 4.79 Å². The fourth-order valence-electron chi connectivity index (χ4n) is 2.77. The summed E-state index contributed by atoms with van der Waals surface area (Å²) in [5.74, 6) is 1.22. The van der Waals surface area contributed by atoms with Crippen LogP contribution in [0.1, 0.15) is 19.7 Å². The number of rotatable bonds is 6. The van der Waals surface area contributed by atoms with Gasteiger partial charge in [-0.05, 0) is 38.1 Å². The van der Waals surface area contributed by atoms with Gasteiger partial charge in [0.2, 0.25) is 0 Å². The SMILES string of the molecule is Cn1c(CCNC(=O)C(C)(C)Oc2ccccc2Cl)nc2ccccc21. The monoisotopic (exact) mass is 371 g/mol. The molecule has 0 atom stereocenters. The number of amides is 1. The van der Waals surface area contributed by atoms with Crippen LogP contribution < -0.4 is 10.1 Å². The zero-order chi connectivity index (χ0) is 18.7. The third-order valence-corrected chi connectivity index (χ3v) is 4.57. The molecule has 0 aliphatic carbocycles. The Bertz CT molecular complexity index is 934. The molecule has 0 radical (unpaired) electrons. The molecule has 0 aliphatic heterocycles. The molecule has 0 saturated heterocycles. The normalized spacial score (nSPS) is 11.5. The van der Waals surface area contributed by atoms with Gasteiger partial charge in [-0.2, -0.15) is 0 Å². The highest BCUT2D eigenvalue weighted by Gasteiger charge is 2.30. The molecule has 1 aromatic heterocycles. The van der Waals surface area contributed by atoms with E-state index >= 15 is 0 Å². The molecule has 0 aliphatic rings. The molecule has 0 fully saturated rings. The van der Waals surface area contributed by atoms with Crippen molar-refractivity contribution in [2.45, 2.75) is 25.9 Å². The highest BCUT2D eigenvalue weighted by Crippen LogP contribution is 2.27. The molecule has 5 nitrogen and oxygen atoms in total. The molecule has 1 amide bonds. The highest BCUT2D eigenvalue weighted by atomic mass is 35.5. The van der Waals surface area contributed by atoms with Gasteiger partial charge < -0.3 is 14.6 Å². The first kappa shape index (κ1) is 18.3. The number of imidazole rings is 1. The number of para-hydroxylation sites is 3. The molecule has 3 rings (SSSR count). The van der Waals surface area contributed by atoms with Crippen molar-refractivity contribution in [3.8, 4) is 5.75 Å². The Morgan fingerprint density at radius 3 is 2.62 bits per heavy atom. The second-order valence-electron chi connectivity index (χ2n) is 6.62. The van der Waals surface area contributed by atoms with Gasteiger partial charge in [0, 0.05) is 20.0 Å². The largest absolute Gasteiger partial charge is 0.476 e. The fourth-order valence-corrected chi connectivity index (χ4v) is 2.94. The lowest BCUT2D eigenvalue weighted by atomic mass is 10.1. The van der Waals surface area contributed by atoms with Crippen LogP contribution in [0.25, 0.3) is 11.0 Å². The molecule has 0 spiro atoms. The van der Waals surface area contributed by atoms with Gasteiger partial charge in [0.1, 0.15) is 11.6 Å². The Kier molecular flexibility index (Phi) is 5.18. The van der Waals surface area contributed by atoms with Gasteiger partial charge in [-0.25, -0.2) is 4.98 Å². The van der Waals surface area contributed by atoms with Crippen molar-refractivity contribution < 1.29 is 9.53 Å². The summed E-state index contributed by atoms with van der Waals surface area (Å²) in [4.78, 5) is 17.1. The van der Waals surface area contributed by atoms with Gasteiger partial charge >= 0.3 is 0 Å². The lowest BCUT2D eigenvalue weighted by molar-refractivity contribution is -0.134. The predicted octanol–water partition coefficient (Wildman–Crippen LogP) is 3.74. The van der Waals surface area contributed by atoms with Crippen molar-refractivity contribution in [1.29, 1.82) is 0 Å². The van der Waals surface area contributed by atoms with Crippen LogP contribution >= 0.6 is 11.6 Å². The van der Waals surface area contributed by atoms with Gasteiger partial charge in [-0.15, -0.1) is 0 Å². The average Bonchev–Trinajstić information content (AvgIpc) is 2.93. The summed E-state index contributed by atoms with van der Waals surface area (Å²) in [7, 11) is 1.98. The van der Waals surface area contributed by atoms with E-state index in [0.717, 1.165) is 16.9 Å². The minimum Gasteiger partial charge on any atom is -0.476 e. The zero-order valence-electron chi connectivity index (χ0n) is 15.1. The van der Waals surface area contributed by atoms with Crippen LogP contribution in [-0.2, 0) is 18.3 Å². The van der Waals surface area contributed by atoms with E-state index in [4.69, 9.17) is 16.3 Å². The van der Waals surface area contributed by atoms with Gasteiger partial charge in [-0.1, -0.05) is 35.9 Å². The smallest absolute Gasteiger partial charge is 0.263 e. The number of fused-ring (bicyclic) bond motifs is 1. The summed E-state index contributed by atoms with van der Waals surface area (Å²) in [6.07, 6.45) is 0.638. The Hall–Kier alpha value is -2.53. The van der Waals surface area contributed by atoms with Gasteiger partial charge in [0.15, 0.2) is 5.60 Å².